The molecule has 23 heavy (non-hydrogen) atoms. The fraction of sp³-hybridized carbons (Fsp3) is 0.562. The van der Waals surface area contributed by atoms with Gasteiger partial charge in [0.25, 0.3) is 0 Å². The average molecular weight is 331 g/mol. The monoisotopic (exact) mass is 331 g/mol. The molecule has 1 heterocycles. The lowest BCUT2D eigenvalue weighted by Gasteiger charge is -2.34. The number of halogens is 3. The Morgan fingerprint density at radius 2 is 1.96 bits per heavy atom. The van der Waals surface area contributed by atoms with Crippen LogP contribution in [0.15, 0.2) is 18.2 Å². The molecular formula is C16H20F3NO3. The number of hydrogen-bond donors (Lipinski definition) is 0. The first-order valence-electron chi connectivity index (χ1n) is 7.29. The van der Waals surface area contributed by atoms with Crippen molar-refractivity contribution < 1.29 is 27.4 Å². The number of hydrogen-bond acceptors (Lipinski definition) is 3. The molecule has 0 N–H and O–H groups in total. The Morgan fingerprint density at radius 3 is 2.52 bits per heavy atom. The molecule has 0 saturated heterocycles. The highest BCUT2D eigenvalue weighted by Gasteiger charge is 2.35. The summed E-state index contributed by atoms with van der Waals surface area (Å²) in [6, 6.07) is 2.97. The van der Waals surface area contributed by atoms with Crippen LogP contribution >= 0.6 is 0 Å². The van der Waals surface area contributed by atoms with Crippen molar-refractivity contribution in [3.8, 4) is 5.75 Å². The third kappa shape index (κ3) is 4.09. The quantitative estimate of drug-likeness (QED) is 0.766. The van der Waals surface area contributed by atoms with Gasteiger partial charge in [-0.3, -0.25) is 0 Å². The lowest BCUT2D eigenvalue weighted by atomic mass is 9.98. The molecule has 7 heteroatoms. The minimum atomic E-state index is -4.43. The summed E-state index contributed by atoms with van der Waals surface area (Å²) in [5.74, 6) is 0.159. The van der Waals surface area contributed by atoms with E-state index in [1.165, 1.54) is 11.0 Å². The van der Waals surface area contributed by atoms with Crippen molar-refractivity contribution in [1.82, 2.24) is 4.90 Å². The molecule has 1 aromatic carbocycles. The fourth-order valence-corrected chi connectivity index (χ4v) is 2.41. The van der Waals surface area contributed by atoms with E-state index in [2.05, 4.69) is 0 Å². The number of carbonyl (C=O) groups excluding carboxylic acids is 1. The molecule has 0 fully saturated rings. The van der Waals surface area contributed by atoms with Gasteiger partial charge in [-0.25, -0.2) is 4.79 Å². The Kier molecular flexibility index (Phi) is 4.50. The molecule has 0 saturated carbocycles. The van der Waals surface area contributed by atoms with Gasteiger partial charge >= 0.3 is 12.3 Å². The molecule has 0 radical (unpaired) electrons. The zero-order chi connectivity index (χ0) is 17.4. The first-order valence-corrected chi connectivity index (χ1v) is 7.29. The Morgan fingerprint density at radius 1 is 1.30 bits per heavy atom. The van der Waals surface area contributed by atoms with Gasteiger partial charge in [0.1, 0.15) is 11.4 Å². The second kappa shape index (κ2) is 5.94. The molecule has 1 atom stereocenters. The number of alkyl halides is 3. The van der Waals surface area contributed by atoms with Crippen molar-refractivity contribution in [2.45, 2.75) is 45.0 Å². The summed E-state index contributed by atoms with van der Waals surface area (Å²) >= 11 is 0. The molecule has 1 aromatic rings. The maximum absolute atomic E-state index is 12.8. The highest BCUT2D eigenvalue weighted by Crippen LogP contribution is 2.40. The van der Waals surface area contributed by atoms with Crippen molar-refractivity contribution in [3.63, 3.8) is 0 Å². The third-order valence-corrected chi connectivity index (χ3v) is 3.50. The van der Waals surface area contributed by atoms with Gasteiger partial charge in [0.05, 0.1) is 18.2 Å². The molecule has 1 aliphatic rings. The second-order valence-corrected chi connectivity index (χ2v) is 6.49. The molecule has 4 nitrogen and oxygen atoms in total. The zero-order valence-corrected chi connectivity index (χ0v) is 13.5. The Bertz CT molecular complexity index is 593. The van der Waals surface area contributed by atoms with E-state index >= 15 is 0 Å². The number of fused-ring (bicyclic) bond motifs is 1. The lowest BCUT2D eigenvalue weighted by molar-refractivity contribution is -0.137. The average Bonchev–Trinajstić information content (AvgIpc) is 2.42. The Hall–Kier alpha value is -1.92. The first-order chi connectivity index (χ1) is 10.5. The highest BCUT2D eigenvalue weighted by atomic mass is 19.4. The summed E-state index contributed by atoms with van der Waals surface area (Å²) < 4.78 is 49.0. The van der Waals surface area contributed by atoms with Crippen LogP contribution in [0.3, 0.4) is 0 Å². The van der Waals surface area contributed by atoms with Crippen LogP contribution in [0, 0.1) is 0 Å². The van der Waals surface area contributed by atoms with E-state index in [4.69, 9.17) is 9.47 Å². The Balaban J connectivity index is 2.26. The maximum atomic E-state index is 12.8. The van der Waals surface area contributed by atoms with E-state index in [1.54, 1.807) is 27.8 Å². The summed E-state index contributed by atoms with van der Waals surface area (Å²) in [6.07, 6.45) is -4.45. The fourth-order valence-electron chi connectivity index (χ4n) is 2.41. The standard InChI is InChI=1S/C16H20F3NO3/c1-15(2,3)23-14(21)20(4)12-7-8-22-13-9-10(16(17,18)19)5-6-11(12)13/h5-6,9,12H,7-8H2,1-4H3/t12-/m1/s1. The smallest absolute Gasteiger partial charge is 0.416 e. The molecule has 1 aliphatic heterocycles. The molecule has 0 unspecified atom stereocenters. The van der Waals surface area contributed by atoms with Crippen LogP contribution in [0.5, 0.6) is 5.75 Å². The van der Waals surface area contributed by atoms with Gasteiger partial charge in [-0.15, -0.1) is 0 Å². The zero-order valence-electron chi connectivity index (χ0n) is 13.5. The highest BCUT2D eigenvalue weighted by molar-refractivity contribution is 5.69. The minimum absolute atomic E-state index is 0.159. The van der Waals surface area contributed by atoms with Crippen LogP contribution in [0.4, 0.5) is 18.0 Å². The van der Waals surface area contributed by atoms with Crippen molar-refractivity contribution in [3.05, 3.63) is 29.3 Å². The third-order valence-electron chi connectivity index (χ3n) is 3.50. The number of amides is 1. The van der Waals surface area contributed by atoms with Gasteiger partial charge < -0.3 is 14.4 Å². The van der Waals surface area contributed by atoms with E-state index in [1.807, 2.05) is 0 Å². The van der Waals surface area contributed by atoms with Gasteiger partial charge in [0.2, 0.25) is 0 Å². The topological polar surface area (TPSA) is 38.8 Å². The van der Waals surface area contributed by atoms with Crippen molar-refractivity contribution in [1.29, 1.82) is 0 Å². The molecule has 2 rings (SSSR count). The molecule has 0 spiro atoms. The van der Waals surface area contributed by atoms with Crippen LogP contribution in [-0.4, -0.2) is 30.2 Å². The molecular weight excluding hydrogens is 311 g/mol. The van der Waals surface area contributed by atoms with Gasteiger partial charge in [-0.05, 0) is 32.9 Å². The molecule has 128 valence electrons. The lowest BCUT2D eigenvalue weighted by Crippen LogP contribution is -2.38. The number of carbonyl (C=O) groups is 1. The summed E-state index contributed by atoms with van der Waals surface area (Å²) in [5, 5.41) is 0. The number of ether oxygens (including phenoxy) is 2. The van der Waals surface area contributed by atoms with E-state index in [9.17, 15) is 18.0 Å². The minimum Gasteiger partial charge on any atom is -0.493 e. The second-order valence-electron chi connectivity index (χ2n) is 6.49. The molecule has 0 bridgehead atoms. The van der Waals surface area contributed by atoms with Crippen LogP contribution in [-0.2, 0) is 10.9 Å². The van der Waals surface area contributed by atoms with E-state index in [0.29, 0.717) is 12.0 Å². The van der Waals surface area contributed by atoms with Crippen LogP contribution in [0.25, 0.3) is 0 Å². The number of nitrogens with zero attached hydrogens (tertiary/aromatic N) is 1. The van der Waals surface area contributed by atoms with Crippen molar-refractivity contribution in [2.75, 3.05) is 13.7 Å². The summed E-state index contributed by atoms with van der Waals surface area (Å²) in [7, 11) is 1.57. The maximum Gasteiger partial charge on any atom is 0.416 e. The van der Waals surface area contributed by atoms with Crippen LogP contribution in [0.2, 0.25) is 0 Å². The van der Waals surface area contributed by atoms with Gasteiger partial charge in [0, 0.05) is 19.0 Å². The van der Waals surface area contributed by atoms with Gasteiger partial charge in [0.15, 0.2) is 0 Å². The van der Waals surface area contributed by atoms with Gasteiger partial charge in [-0.1, -0.05) is 6.07 Å². The van der Waals surface area contributed by atoms with Crippen molar-refractivity contribution >= 4 is 6.09 Å². The molecule has 0 aliphatic carbocycles. The molecule has 0 aromatic heterocycles. The predicted molar refractivity (Wildman–Crippen MR) is 78.3 cm³/mol. The van der Waals surface area contributed by atoms with E-state index in [-0.39, 0.29) is 18.4 Å². The Labute approximate surface area is 133 Å². The largest absolute Gasteiger partial charge is 0.493 e. The summed E-state index contributed by atoms with van der Waals surface area (Å²) in [6.45, 7) is 5.51. The molecule has 1 amide bonds. The van der Waals surface area contributed by atoms with E-state index < -0.39 is 23.4 Å². The van der Waals surface area contributed by atoms with Gasteiger partial charge in [-0.2, -0.15) is 13.2 Å². The van der Waals surface area contributed by atoms with E-state index in [0.717, 1.165) is 12.1 Å². The summed E-state index contributed by atoms with van der Waals surface area (Å²) in [4.78, 5) is 13.6. The normalized spacial score (nSPS) is 18.0. The van der Waals surface area contributed by atoms with Crippen molar-refractivity contribution in [2.24, 2.45) is 0 Å². The van der Waals surface area contributed by atoms with Crippen LogP contribution < -0.4 is 4.74 Å². The first kappa shape index (κ1) is 17.4. The number of benzene rings is 1. The number of rotatable bonds is 1. The van der Waals surface area contributed by atoms with Crippen LogP contribution in [0.1, 0.15) is 44.4 Å². The summed E-state index contributed by atoms with van der Waals surface area (Å²) in [5.41, 5.74) is -0.853. The predicted octanol–water partition coefficient (Wildman–Crippen LogP) is 4.40. The SMILES string of the molecule is CN(C(=O)OC(C)(C)C)[C@@H]1CCOc2cc(C(F)(F)F)ccc21.